The number of hydrogen-bond acceptors (Lipinski definition) is 5. The highest BCUT2D eigenvalue weighted by Crippen LogP contribution is 2.21. The first-order valence-corrected chi connectivity index (χ1v) is 6.41. The van der Waals surface area contributed by atoms with Crippen LogP contribution in [0.25, 0.3) is 11.3 Å². The van der Waals surface area contributed by atoms with E-state index in [-0.39, 0.29) is 13.2 Å². The van der Waals surface area contributed by atoms with Crippen LogP contribution in [-0.2, 0) is 11.3 Å². The van der Waals surface area contributed by atoms with E-state index in [0.29, 0.717) is 16.3 Å². The van der Waals surface area contributed by atoms with Crippen LogP contribution in [0.15, 0.2) is 39.6 Å². The van der Waals surface area contributed by atoms with Crippen LogP contribution in [0.4, 0.5) is 4.79 Å². The molecule has 0 saturated heterocycles. The fourth-order valence-electron chi connectivity index (χ4n) is 1.70. The molecule has 1 amide bonds. The van der Waals surface area contributed by atoms with Crippen LogP contribution in [0.5, 0.6) is 0 Å². The Morgan fingerprint density at radius 2 is 2.24 bits per heavy atom. The number of aliphatic hydroxyl groups excluding tert-OH is 1. The van der Waals surface area contributed by atoms with Crippen molar-refractivity contribution in [2.24, 2.45) is 5.73 Å². The van der Waals surface area contributed by atoms with Gasteiger partial charge in [0.2, 0.25) is 0 Å². The van der Waals surface area contributed by atoms with E-state index in [1.807, 2.05) is 0 Å². The van der Waals surface area contributed by atoms with Crippen molar-refractivity contribution in [3.05, 3.63) is 45.7 Å². The molecule has 1 aromatic heterocycles. The second-order valence-electron chi connectivity index (χ2n) is 4.29. The molecule has 0 aliphatic rings. The first-order valence-electron chi connectivity index (χ1n) is 6.03. The average Bonchev–Trinajstić information content (AvgIpc) is 2.78. The summed E-state index contributed by atoms with van der Waals surface area (Å²) in [6.07, 6.45) is -2.10. The van der Waals surface area contributed by atoms with E-state index in [0.717, 1.165) is 4.74 Å². The molecule has 2 rings (SSSR count). The van der Waals surface area contributed by atoms with Gasteiger partial charge in [-0.1, -0.05) is 23.7 Å². The fraction of sp³-hybridized carbons (Fsp3) is 0.231. The molecule has 2 aromatic rings. The molecule has 3 N–H and O–H groups in total. The van der Waals surface area contributed by atoms with Gasteiger partial charge in [0.25, 0.3) is 5.56 Å². The molecule has 1 unspecified atom stereocenters. The predicted octanol–water partition coefficient (Wildman–Crippen LogP) is 1.22. The highest BCUT2D eigenvalue weighted by Gasteiger charge is 2.14. The normalized spacial score (nSPS) is 12.1. The van der Waals surface area contributed by atoms with Crippen molar-refractivity contribution in [2.45, 2.75) is 12.6 Å². The van der Waals surface area contributed by atoms with Crippen molar-refractivity contribution >= 4 is 17.7 Å². The molecule has 0 radical (unpaired) electrons. The molecule has 7 nitrogen and oxygen atoms in total. The van der Waals surface area contributed by atoms with E-state index >= 15 is 0 Å². The lowest BCUT2D eigenvalue weighted by Crippen LogP contribution is -2.28. The van der Waals surface area contributed by atoms with E-state index < -0.39 is 17.8 Å². The van der Waals surface area contributed by atoms with Crippen LogP contribution in [-0.4, -0.2) is 28.7 Å². The minimum Gasteiger partial charge on any atom is -0.447 e. The van der Waals surface area contributed by atoms with Gasteiger partial charge in [-0.15, -0.1) is 0 Å². The quantitative estimate of drug-likeness (QED) is 0.863. The Bertz CT molecular complexity index is 694. The van der Waals surface area contributed by atoms with Gasteiger partial charge in [-0.05, 0) is 12.1 Å². The number of aromatic nitrogens is 1. The van der Waals surface area contributed by atoms with Gasteiger partial charge in [-0.25, -0.2) is 4.79 Å². The van der Waals surface area contributed by atoms with Crippen molar-refractivity contribution in [3.8, 4) is 11.3 Å². The summed E-state index contributed by atoms with van der Waals surface area (Å²) in [6, 6.07) is 8.10. The van der Waals surface area contributed by atoms with Crippen molar-refractivity contribution in [2.75, 3.05) is 6.61 Å². The average molecular weight is 313 g/mol. The first-order chi connectivity index (χ1) is 9.95. The van der Waals surface area contributed by atoms with Gasteiger partial charge in [0.05, 0.1) is 12.6 Å². The predicted molar refractivity (Wildman–Crippen MR) is 75.0 cm³/mol. The van der Waals surface area contributed by atoms with Crippen LogP contribution in [0.3, 0.4) is 0 Å². The Balaban J connectivity index is 2.12. The SMILES string of the molecule is NC(=O)OCC(O)Cn1oc(-c2cccc(Cl)c2)cc1=O. The maximum atomic E-state index is 11.8. The number of carbonyl (C=O) groups excluding carboxylic acids is 1. The summed E-state index contributed by atoms with van der Waals surface area (Å²) in [6.45, 7) is -0.484. The lowest BCUT2D eigenvalue weighted by Gasteiger charge is -2.09. The zero-order valence-electron chi connectivity index (χ0n) is 10.9. The van der Waals surface area contributed by atoms with E-state index in [4.69, 9.17) is 21.9 Å². The van der Waals surface area contributed by atoms with Crippen LogP contribution >= 0.6 is 11.6 Å². The van der Waals surface area contributed by atoms with Crippen LogP contribution in [0.1, 0.15) is 0 Å². The molecule has 21 heavy (non-hydrogen) atoms. The molecule has 0 aliphatic carbocycles. The monoisotopic (exact) mass is 312 g/mol. The van der Waals surface area contributed by atoms with E-state index in [1.165, 1.54) is 6.07 Å². The number of amides is 1. The van der Waals surface area contributed by atoms with E-state index in [1.54, 1.807) is 24.3 Å². The number of ether oxygens (including phenoxy) is 1. The summed E-state index contributed by atoms with van der Waals surface area (Å²) in [5.74, 6) is 0.325. The number of hydrogen-bond donors (Lipinski definition) is 2. The lowest BCUT2D eigenvalue weighted by molar-refractivity contribution is 0.0453. The molecule has 0 aliphatic heterocycles. The summed E-state index contributed by atoms with van der Waals surface area (Å²) in [4.78, 5) is 22.2. The third-order valence-corrected chi connectivity index (χ3v) is 2.85. The highest BCUT2D eigenvalue weighted by atomic mass is 35.5. The number of aliphatic hydroxyl groups is 1. The summed E-state index contributed by atoms with van der Waals surface area (Å²) in [5, 5.41) is 10.1. The summed E-state index contributed by atoms with van der Waals surface area (Å²) in [7, 11) is 0. The van der Waals surface area contributed by atoms with Gasteiger partial charge < -0.3 is 20.1 Å². The molecule has 1 atom stereocenters. The number of rotatable bonds is 5. The number of nitrogens with two attached hydrogens (primary N) is 1. The number of benzene rings is 1. The maximum absolute atomic E-state index is 11.8. The second-order valence-corrected chi connectivity index (χ2v) is 4.73. The Kier molecular flexibility index (Phi) is 4.66. The van der Waals surface area contributed by atoms with Gasteiger partial charge in [-0.2, -0.15) is 4.74 Å². The Morgan fingerprint density at radius 3 is 2.90 bits per heavy atom. The van der Waals surface area contributed by atoms with Gasteiger partial charge in [0.1, 0.15) is 12.7 Å². The summed E-state index contributed by atoms with van der Waals surface area (Å²) < 4.78 is 10.7. The van der Waals surface area contributed by atoms with Crippen LogP contribution < -0.4 is 11.3 Å². The minimum absolute atomic E-state index is 0.160. The van der Waals surface area contributed by atoms with Gasteiger partial charge in [-0.3, -0.25) is 4.79 Å². The minimum atomic E-state index is -1.10. The summed E-state index contributed by atoms with van der Waals surface area (Å²) >= 11 is 5.87. The number of nitrogens with zero attached hydrogens (tertiary/aromatic N) is 1. The van der Waals surface area contributed by atoms with Crippen LogP contribution in [0, 0.1) is 0 Å². The first kappa shape index (κ1) is 15.1. The van der Waals surface area contributed by atoms with Crippen LogP contribution in [0.2, 0.25) is 5.02 Å². The highest BCUT2D eigenvalue weighted by molar-refractivity contribution is 6.30. The van der Waals surface area contributed by atoms with Gasteiger partial charge in [0, 0.05) is 10.6 Å². The van der Waals surface area contributed by atoms with E-state index in [2.05, 4.69) is 4.74 Å². The molecule has 0 bridgehead atoms. The van der Waals surface area contributed by atoms with Crippen molar-refractivity contribution < 1.29 is 19.2 Å². The smallest absolute Gasteiger partial charge is 0.404 e. The van der Waals surface area contributed by atoms with Gasteiger partial charge >= 0.3 is 6.09 Å². The zero-order chi connectivity index (χ0) is 15.4. The van der Waals surface area contributed by atoms with Crippen molar-refractivity contribution in [3.63, 3.8) is 0 Å². The Labute approximate surface area is 124 Å². The molecule has 112 valence electrons. The molecular formula is C13H13ClN2O5. The Morgan fingerprint density at radius 1 is 1.48 bits per heavy atom. The summed E-state index contributed by atoms with van der Waals surface area (Å²) in [5.41, 5.74) is 4.99. The molecule has 8 heteroatoms. The molecule has 1 aromatic carbocycles. The third-order valence-electron chi connectivity index (χ3n) is 2.61. The second kappa shape index (κ2) is 6.47. The molecule has 1 heterocycles. The number of primary amides is 1. The third kappa shape index (κ3) is 4.11. The molecule has 0 spiro atoms. The van der Waals surface area contributed by atoms with E-state index in [9.17, 15) is 14.7 Å². The van der Waals surface area contributed by atoms with Crippen molar-refractivity contribution in [1.29, 1.82) is 0 Å². The molecular weight excluding hydrogens is 300 g/mol. The standard InChI is InChI=1S/C13H13ClN2O5/c14-9-3-1-2-8(4-9)11-5-12(18)16(21-11)6-10(17)7-20-13(15)19/h1-5,10,17H,6-7H2,(H2,15,19). The molecule has 0 fully saturated rings. The largest absolute Gasteiger partial charge is 0.447 e. The Hall–Kier alpha value is -2.25. The van der Waals surface area contributed by atoms with Crippen molar-refractivity contribution in [1.82, 2.24) is 4.74 Å². The molecule has 0 saturated carbocycles. The fourth-order valence-corrected chi connectivity index (χ4v) is 1.89. The maximum Gasteiger partial charge on any atom is 0.404 e. The number of carbonyl (C=O) groups is 1. The van der Waals surface area contributed by atoms with Gasteiger partial charge in [0.15, 0.2) is 5.76 Å². The lowest BCUT2D eigenvalue weighted by atomic mass is 10.2. The zero-order valence-corrected chi connectivity index (χ0v) is 11.6. The topological polar surface area (TPSA) is 108 Å². The number of halogens is 1.